The molecule has 3 fully saturated rings. The molecule has 1 aromatic carbocycles. The minimum atomic E-state index is -3.93. The molecule has 4 amide bonds. The second kappa shape index (κ2) is 16.7. The molecule has 59 heavy (non-hydrogen) atoms. The van der Waals surface area contributed by atoms with Gasteiger partial charge in [0.25, 0.3) is 5.91 Å². The first-order valence-electron chi connectivity index (χ1n) is 20.2. The van der Waals surface area contributed by atoms with Crippen LogP contribution in [0, 0.1) is 17.8 Å². The number of allylic oxidation sites excluding steroid dienone is 1. The molecule has 0 spiro atoms. The zero-order chi connectivity index (χ0) is 42.2. The number of carboxylic acid groups (broad SMARTS) is 1. The fourth-order valence-corrected chi connectivity index (χ4v) is 9.56. The van der Waals surface area contributed by atoms with E-state index >= 15 is 0 Å². The molecule has 4 aliphatic rings. The zero-order valence-electron chi connectivity index (χ0n) is 33.8. The minimum Gasteiger partial charge on any atom is -0.497 e. The second-order valence-corrected chi connectivity index (χ2v) is 18.6. The lowest BCUT2D eigenvalue weighted by Crippen LogP contribution is -2.59. The van der Waals surface area contributed by atoms with Crippen molar-refractivity contribution in [2.24, 2.45) is 17.8 Å². The molecule has 2 aliphatic carbocycles. The number of benzene rings is 1. The van der Waals surface area contributed by atoms with E-state index in [2.05, 4.69) is 20.3 Å². The van der Waals surface area contributed by atoms with E-state index in [9.17, 15) is 32.7 Å². The van der Waals surface area contributed by atoms with Crippen LogP contribution in [-0.4, -0.2) is 101 Å². The summed E-state index contributed by atoms with van der Waals surface area (Å²) >= 11 is 0. The fourth-order valence-electron chi connectivity index (χ4n) is 8.20. The highest BCUT2D eigenvalue weighted by Crippen LogP contribution is 2.46. The number of pyridine rings is 2. The third kappa shape index (κ3) is 9.24. The molecule has 0 bridgehead atoms. The summed E-state index contributed by atoms with van der Waals surface area (Å²) in [5.41, 5.74) is -0.354. The van der Waals surface area contributed by atoms with Gasteiger partial charge in [-0.1, -0.05) is 26.0 Å². The van der Waals surface area contributed by atoms with Crippen molar-refractivity contribution in [2.45, 2.75) is 108 Å². The highest BCUT2D eigenvalue weighted by atomic mass is 32.2. The van der Waals surface area contributed by atoms with E-state index in [-0.39, 0.29) is 37.3 Å². The number of hydrogen-bond acceptors (Lipinski definition) is 11. The summed E-state index contributed by atoms with van der Waals surface area (Å²) in [7, 11) is -2.37. The van der Waals surface area contributed by atoms with Crippen LogP contribution in [0.5, 0.6) is 17.5 Å². The smallest absolute Gasteiger partial charge is 0.405 e. The molecule has 2 aliphatic heterocycles. The summed E-state index contributed by atoms with van der Waals surface area (Å²) in [6.07, 6.45) is 6.08. The topological polar surface area (TPSA) is 215 Å². The standard InChI is InChI=1S/C42H52N6O10S/c1-23(2)57-35-15-10-26(21-43-35)33-18-27-17-29(56-5)11-14-32(27)38(44-33)58-30-19-34-37(49)46-42(40(51)47-59(54,55)31-12-13-31)20-28(42)9-7-6-8-24(3)16-25(4)36(45-41(52)53)39(50)48(34)22-30/h7,9-11,14-15,17-18,21,23-25,28,30-31,34,36,45H,6,8,12-13,16,19-20,22H2,1-5H3,(H,46,49)(H,47,51)(H,52,53)/b9-7-/t24-,25+,28+,30+,34-,36-,42+/m0/s1. The van der Waals surface area contributed by atoms with Gasteiger partial charge in [-0.25, -0.2) is 23.2 Å². The van der Waals surface area contributed by atoms with Crippen molar-refractivity contribution >= 4 is 44.6 Å². The van der Waals surface area contributed by atoms with E-state index < -0.39 is 74.7 Å². The summed E-state index contributed by atoms with van der Waals surface area (Å²) in [6, 6.07) is 8.47. The Labute approximate surface area is 343 Å². The molecule has 16 nitrogen and oxygen atoms in total. The van der Waals surface area contributed by atoms with Crippen LogP contribution in [0.15, 0.2) is 54.7 Å². The van der Waals surface area contributed by atoms with Gasteiger partial charge in [-0.05, 0) is 99.9 Å². The first kappa shape index (κ1) is 41.7. The van der Waals surface area contributed by atoms with Crippen molar-refractivity contribution < 1.29 is 46.9 Å². The molecule has 7 rings (SSSR count). The first-order chi connectivity index (χ1) is 28.1. The van der Waals surface area contributed by atoms with Gasteiger partial charge in [-0.15, -0.1) is 0 Å². The Morgan fingerprint density at radius 3 is 2.53 bits per heavy atom. The van der Waals surface area contributed by atoms with Gasteiger partial charge in [0.15, 0.2) is 0 Å². The average Bonchev–Trinajstić information content (AvgIpc) is 4.11. The Kier molecular flexibility index (Phi) is 11.8. The molecule has 1 saturated heterocycles. The quantitative estimate of drug-likeness (QED) is 0.207. The molecule has 4 heterocycles. The van der Waals surface area contributed by atoms with Crippen LogP contribution >= 0.6 is 0 Å². The Morgan fingerprint density at radius 2 is 1.85 bits per heavy atom. The number of rotatable bonds is 10. The van der Waals surface area contributed by atoms with Crippen molar-refractivity contribution in [3.8, 4) is 28.8 Å². The van der Waals surface area contributed by atoms with E-state index in [1.54, 1.807) is 31.5 Å². The van der Waals surface area contributed by atoms with Crippen LogP contribution in [0.1, 0.15) is 72.6 Å². The van der Waals surface area contributed by atoms with Gasteiger partial charge in [0.2, 0.25) is 33.6 Å². The van der Waals surface area contributed by atoms with E-state index in [1.165, 1.54) is 4.90 Å². The van der Waals surface area contributed by atoms with Crippen LogP contribution in [0.2, 0.25) is 0 Å². The number of nitrogens with zero attached hydrogens (tertiary/aromatic N) is 3. The molecule has 0 unspecified atom stereocenters. The maximum absolute atomic E-state index is 14.6. The Hall–Kier alpha value is -5.45. The monoisotopic (exact) mass is 832 g/mol. The normalized spacial score (nSPS) is 28.0. The lowest BCUT2D eigenvalue weighted by atomic mass is 9.88. The molecule has 2 aromatic heterocycles. The summed E-state index contributed by atoms with van der Waals surface area (Å²) in [4.78, 5) is 65.7. The number of ether oxygens (including phenoxy) is 3. The summed E-state index contributed by atoms with van der Waals surface area (Å²) in [5.74, 6) is -1.65. The summed E-state index contributed by atoms with van der Waals surface area (Å²) < 4.78 is 45.9. The van der Waals surface area contributed by atoms with Gasteiger partial charge in [-0.3, -0.25) is 19.1 Å². The van der Waals surface area contributed by atoms with Gasteiger partial charge < -0.3 is 34.9 Å². The number of nitrogens with one attached hydrogen (secondary N) is 3. The zero-order valence-corrected chi connectivity index (χ0v) is 34.7. The van der Waals surface area contributed by atoms with E-state index in [0.29, 0.717) is 54.0 Å². The number of carbonyl (C=O) groups excluding carboxylic acids is 3. The molecular formula is C42H52N6O10S. The molecular weight excluding hydrogens is 781 g/mol. The van der Waals surface area contributed by atoms with E-state index in [1.807, 2.05) is 58.0 Å². The molecule has 316 valence electrons. The van der Waals surface area contributed by atoms with E-state index in [4.69, 9.17) is 19.2 Å². The van der Waals surface area contributed by atoms with Crippen LogP contribution in [0.25, 0.3) is 22.0 Å². The highest BCUT2D eigenvalue weighted by Gasteiger charge is 2.62. The maximum atomic E-state index is 14.6. The highest BCUT2D eigenvalue weighted by molar-refractivity contribution is 7.91. The van der Waals surface area contributed by atoms with Crippen LogP contribution in [0.3, 0.4) is 0 Å². The van der Waals surface area contributed by atoms with Gasteiger partial charge in [0.1, 0.15) is 29.5 Å². The minimum absolute atomic E-state index is 0.0346. The van der Waals surface area contributed by atoms with Gasteiger partial charge in [0, 0.05) is 35.6 Å². The number of fused-ring (bicyclic) bond motifs is 3. The number of sulfonamides is 1. The lowest BCUT2D eigenvalue weighted by Gasteiger charge is -2.32. The van der Waals surface area contributed by atoms with Crippen LogP contribution in [-0.2, 0) is 24.4 Å². The van der Waals surface area contributed by atoms with Crippen molar-refractivity contribution in [1.82, 2.24) is 30.2 Å². The van der Waals surface area contributed by atoms with Crippen molar-refractivity contribution in [2.75, 3.05) is 13.7 Å². The number of methoxy groups -OCH3 is 1. The van der Waals surface area contributed by atoms with Gasteiger partial charge >= 0.3 is 6.09 Å². The SMILES string of the molecule is COc1ccc2c(O[C@@H]3C[C@H]4C(=O)N[C@]5(C(=O)NS(=O)(=O)C6CC6)C[C@H]5/C=C\CC[C@H](C)C[C@@H](C)[C@H](NC(=O)O)C(=O)N4C3)nc(-c3ccc(OC(C)C)nc3)cc2c1. The number of carbonyl (C=O) groups is 4. The van der Waals surface area contributed by atoms with Crippen molar-refractivity contribution in [1.29, 1.82) is 0 Å². The second-order valence-electron chi connectivity index (χ2n) is 16.6. The predicted octanol–water partition coefficient (Wildman–Crippen LogP) is 4.57. The Balaban J connectivity index is 1.24. The maximum Gasteiger partial charge on any atom is 0.405 e. The van der Waals surface area contributed by atoms with Crippen LogP contribution < -0.4 is 29.6 Å². The lowest BCUT2D eigenvalue weighted by molar-refractivity contribution is -0.142. The average molecular weight is 833 g/mol. The number of amides is 4. The van der Waals surface area contributed by atoms with Gasteiger partial charge in [-0.2, -0.15) is 0 Å². The molecule has 3 aromatic rings. The molecule has 4 N–H and O–H groups in total. The number of aromatic nitrogens is 2. The van der Waals surface area contributed by atoms with Gasteiger partial charge in [0.05, 0.1) is 30.7 Å². The largest absolute Gasteiger partial charge is 0.497 e. The fraction of sp³-hybridized carbons (Fsp3) is 0.524. The molecule has 7 atom stereocenters. The summed E-state index contributed by atoms with van der Waals surface area (Å²) in [6.45, 7) is 7.54. The van der Waals surface area contributed by atoms with Crippen molar-refractivity contribution in [3.05, 3.63) is 54.7 Å². The van der Waals surface area contributed by atoms with Crippen LogP contribution in [0.4, 0.5) is 4.79 Å². The molecule has 2 saturated carbocycles. The van der Waals surface area contributed by atoms with Crippen molar-refractivity contribution in [3.63, 3.8) is 0 Å². The van der Waals surface area contributed by atoms with E-state index in [0.717, 1.165) is 11.8 Å². The summed E-state index contributed by atoms with van der Waals surface area (Å²) in [5, 5.41) is 15.9. The predicted molar refractivity (Wildman–Crippen MR) is 217 cm³/mol. The molecule has 17 heteroatoms. The first-order valence-corrected chi connectivity index (χ1v) is 21.7. The molecule has 0 radical (unpaired) electrons. The number of hydrogen-bond donors (Lipinski definition) is 4. The third-order valence-corrected chi connectivity index (χ3v) is 13.4. The third-order valence-electron chi connectivity index (χ3n) is 11.6. The Bertz CT molecular complexity index is 2250. The Morgan fingerprint density at radius 1 is 1.07 bits per heavy atom.